The van der Waals surface area contributed by atoms with Crippen LogP contribution in [0.5, 0.6) is 5.75 Å². The number of ether oxygens (including phenoxy) is 1. The Bertz CT molecular complexity index is 958. The minimum absolute atomic E-state index is 0.0728. The number of pyridine rings is 1. The Morgan fingerprint density at radius 3 is 2.69 bits per heavy atom. The highest BCUT2D eigenvalue weighted by Crippen LogP contribution is 2.36. The Hall–Kier alpha value is -2.82. The number of amides is 1. The standard InChI is InChI=1S/C15H8F5N3O2S/c16-14(17)25-9-2-1-3-10-11(9)12(23-26-10)22-13(24)7-6-21-5-4-8(7)15(18,19)20/h1-6,14H,(H,22,23,24). The summed E-state index contributed by atoms with van der Waals surface area (Å²) in [6.07, 6.45) is -3.08. The van der Waals surface area contributed by atoms with Gasteiger partial charge in [0.05, 0.1) is 21.2 Å². The number of rotatable bonds is 4. The van der Waals surface area contributed by atoms with Crippen LogP contribution in [0.25, 0.3) is 10.1 Å². The van der Waals surface area contributed by atoms with E-state index in [4.69, 9.17) is 0 Å². The molecule has 1 aromatic carbocycles. The number of alkyl halides is 5. The van der Waals surface area contributed by atoms with E-state index in [1.54, 1.807) is 6.07 Å². The number of hydrogen-bond acceptors (Lipinski definition) is 5. The quantitative estimate of drug-likeness (QED) is 0.665. The molecular weight excluding hydrogens is 381 g/mol. The van der Waals surface area contributed by atoms with Gasteiger partial charge in [-0.05, 0) is 29.7 Å². The lowest BCUT2D eigenvalue weighted by Gasteiger charge is -2.12. The van der Waals surface area contributed by atoms with Crippen LogP contribution in [0, 0.1) is 0 Å². The minimum atomic E-state index is -4.76. The molecule has 0 unspecified atom stereocenters. The van der Waals surface area contributed by atoms with Gasteiger partial charge in [0.2, 0.25) is 0 Å². The fraction of sp³-hybridized carbons (Fsp3) is 0.133. The molecule has 0 aliphatic carbocycles. The third-order valence-corrected chi connectivity index (χ3v) is 4.09. The molecule has 11 heteroatoms. The predicted octanol–water partition coefficient (Wildman–Crippen LogP) is 4.56. The second kappa shape index (κ2) is 6.83. The number of halogens is 5. The van der Waals surface area contributed by atoms with Gasteiger partial charge in [-0.25, -0.2) is 0 Å². The van der Waals surface area contributed by atoms with Crippen LogP contribution in [0.3, 0.4) is 0 Å². The lowest BCUT2D eigenvalue weighted by Crippen LogP contribution is -2.19. The maximum Gasteiger partial charge on any atom is 0.417 e. The number of nitrogens with one attached hydrogen (secondary N) is 1. The lowest BCUT2D eigenvalue weighted by molar-refractivity contribution is -0.138. The van der Waals surface area contributed by atoms with Gasteiger partial charge in [0.1, 0.15) is 5.75 Å². The molecule has 0 saturated carbocycles. The molecule has 0 bridgehead atoms. The molecule has 0 saturated heterocycles. The van der Waals surface area contributed by atoms with Crippen molar-refractivity contribution >= 4 is 33.3 Å². The summed E-state index contributed by atoms with van der Waals surface area (Å²) < 4.78 is 72.8. The number of benzene rings is 1. The number of carbonyl (C=O) groups is 1. The summed E-state index contributed by atoms with van der Waals surface area (Å²) in [6.45, 7) is -3.11. The van der Waals surface area contributed by atoms with Gasteiger partial charge in [0, 0.05) is 12.4 Å². The van der Waals surface area contributed by atoms with Gasteiger partial charge in [0.25, 0.3) is 5.91 Å². The van der Waals surface area contributed by atoms with E-state index in [1.807, 2.05) is 0 Å². The third kappa shape index (κ3) is 3.57. The number of hydrogen-bond donors (Lipinski definition) is 1. The molecule has 5 nitrogen and oxygen atoms in total. The monoisotopic (exact) mass is 389 g/mol. The van der Waals surface area contributed by atoms with Crippen molar-refractivity contribution in [3.63, 3.8) is 0 Å². The maximum atomic E-state index is 13.0. The second-order valence-electron chi connectivity index (χ2n) is 4.91. The summed E-state index contributed by atoms with van der Waals surface area (Å²) in [5, 5.41) is 2.28. The van der Waals surface area contributed by atoms with Crippen molar-refractivity contribution in [2.24, 2.45) is 0 Å². The highest BCUT2D eigenvalue weighted by molar-refractivity contribution is 7.13. The second-order valence-corrected chi connectivity index (χ2v) is 5.72. The number of carbonyl (C=O) groups excluding carboxylic acids is 1. The van der Waals surface area contributed by atoms with Gasteiger partial charge in [0.15, 0.2) is 5.82 Å². The normalized spacial score (nSPS) is 11.8. The van der Waals surface area contributed by atoms with E-state index in [-0.39, 0.29) is 17.0 Å². The number of aromatic nitrogens is 2. The van der Waals surface area contributed by atoms with Crippen LogP contribution in [0.2, 0.25) is 0 Å². The van der Waals surface area contributed by atoms with Crippen molar-refractivity contribution in [3.05, 3.63) is 47.8 Å². The molecule has 2 aromatic heterocycles. The molecule has 0 fully saturated rings. The topological polar surface area (TPSA) is 64.1 Å². The first-order chi connectivity index (χ1) is 12.3. The Morgan fingerprint density at radius 2 is 2.00 bits per heavy atom. The Morgan fingerprint density at radius 1 is 1.23 bits per heavy atom. The Kier molecular flexibility index (Phi) is 4.72. The van der Waals surface area contributed by atoms with Gasteiger partial charge >= 0.3 is 12.8 Å². The van der Waals surface area contributed by atoms with Crippen LogP contribution in [0.15, 0.2) is 36.7 Å². The van der Waals surface area contributed by atoms with E-state index >= 15 is 0 Å². The molecule has 1 amide bonds. The molecule has 2 heterocycles. The van der Waals surface area contributed by atoms with E-state index in [1.165, 1.54) is 12.1 Å². The van der Waals surface area contributed by atoms with Gasteiger partial charge in [-0.1, -0.05) is 6.07 Å². The lowest BCUT2D eigenvalue weighted by atomic mass is 10.1. The third-order valence-electron chi connectivity index (χ3n) is 3.28. The molecule has 0 aliphatic heterocycles. The van der Waals surface area contributed by atoms with Crippen LogP contribution in [-0.4, -0.2) is 21.9 Å². The Labute approximate surface area is 146 Å². The zero-order valence-corrected chi connectivity index (χ0v) is 13.4. The smallest absolute Gasteiger partial charge is 0.417 e. The first kappa shape index (κ1) is 18.0. The summed E-state index contributed by atoms with van der Waals surface area (Å²) in [7, 11) is 0. The van der Waals surface area contributed by atoms with Crippen LogP contribution in [0.4, 0.5) is 27.8 Å². The molecule has 3 aromatic rings. The fourth-order valence-electron chi connectivity index (χ4n) is 2.24. The van der Waals surface area contributed by atoms with Gasteiger partial charge in [-0.15, -0.1) is 0 Å². The van der Waals surface area contributed by atoms with Crippen LogP contribution in [0.1, 0.15) is 15.9 Å². The number of fused-ring (bicyclic) bond motifs is 1. The molecule has 0 aliphatic rings. The SMILES string of the molecule is O=C(Nc1nsc2cccc(OC(F)F)c12)c1cnccc1C(F)(F)F. The van der Waals surface area contributed by atoms with Crippen molar-refractivity contribution in [2.75, 3.05) is 5.32 Å². The van der Waals surface area contributed by atoms with Gasteiger partial charge < -0.3 is 10.1 Å². The van der Waals surface area contributed by atoms with Crippen LogP contribution >= 0.6 is 11.5 Å². The van der Waals surface area contributed by atoms with Crippen molar-refractivity contribution < 1.29 is 31.5 Å². The first-order valence-electron chi connectivity index (χ1n) is 6.93. The Balaban J connectivity index is 1.99. The molecule has 0 radical (unpaired) electrons. The van der Waals surface area contributed by atoms with Crippen molar-refractivity contribution in [1.82, 2.24) is 9.36 Å². The summed E-state index contributed by atoms with van der Waals surface area (Å²) in [5.74, 6) is -1.54. The average Bonchev–Trinajstić information content (AvgIpc) is 2.97. The first-order valence-corrected chi connectivity index (χ1v) is 7.70. The maximum absolute atomic E-state index is 13.0. The summed E-state index contributed by atoms with van der Waals surface area (Å²) in [5.41, 5.74) is -1.89. The van der Waals surface area contributed by atoms with Crippen LogP contribution in [-0.2, 0) is 6.18 Å². The molecule has 0 atom stereocenters. The summed E-state index contributed by atoms with van der Waals surface area (Å²) in [6, 6.07) is 4.90. The molecule has 26 heavy (non-hydrogen) atoms. The molecule has 0 spiro atoms. The molecule has 1 N–H and O–H groups in total. The largest absolute Gasteiger partial charge is 0.434 e. The number of anilines is 1. The minimum Gasteiger partial charge on any atom is -0.434 e. The van der Waals surface area contributed by atoms with E-state index in [0.29, 0.717) is 10.8 Å². The average molecular weight is 389 g/mol. The highest BCUT2D eigenvalue weighted by Gasteiger charge is 2.35. The van der Waals surface area contributed by atoms with E-state index < -0.39 is 29.8 Å². The van der Waals surface area contributed by atoms with Gasteiger partial charge in [-0.2, -0.15) is 26.3 Å². The van der Waals surface area contributed by atoms with E-state index in [0.717, 1.165) is 23.9 Å². The fourth-order valence-corrected chi connectivity index (χ4v) is 2.99. The van der Waals surface area contributed by atoms with Crippen molar-refractivity contribution in [2.45, 2.75) is 12.8 Å². The van der Waals surface area contributed by atoms with Crippen molar-refractivity contribution in [3.8, 4) is 5.75 Å². The van der Waals surface area contributed by atoms with Gasteiger partial charge in [-0.3, -0.25) is 9.78 Å². The number of nitrogens with zero attached hydrogens (tertiary/aromatic N) is 2. The summed E-state index contributed by atoms with van der Waals surface area (Å²) in [4.78, 5) is 15.8. The zero-order valence-electron chi connectivity index (χ0n) is 12.6. The van der Waals surface area contributed by atoms with Crippen molar-refractivity contribution in [1.29, 1.82) is 0 Å². The molecule has 136 valence electrons. The van der Waals surface area contributed by atoms with E-state index in [2.05, 4.69) is 19.4 Å². The predicted molar refractivity (Wildman–Crippen MR) is 83.4 cm³/mol. The van der Waals surface area contributed by atoms with Crippen LogP contribution < -0.4 is 10.1 Å². The molecular formula is C15H8F5N3O2S. The zero-order chi connectivity index (χ0) is 18.9. The highest BCUT2D eigenvalue weighted by atomic mass is 32.1. The summed E-state index contributed by atoms with van der Waals surface area (Å²) >= 11 is 0.875. The molecule has 3 rings (SSSR count). The van der Waals surface area contributed by atoms with E-state index in [9.17, 15) is 26.7 Å².